The summed E-state index contributed by atoms with van der Waals surface area (Å²) in [4.78, 5) is 10.2. The Morgan fingerprint density at radius 3 is 2.50 bits per heavy atom. The zero-order valence-electron chi connectivity index (χ0n) is 5.40. The Morgan fingerprint density at radius 1 is 1.70 bits per heavy atom. The molecule has 10 heavy (non-hydrogen) atoms. The smallest absolute Gasteiger partial charge is 0.315 e. The van der Waals surface area contributed by atoms with Crippen LogP contribution < -0.4 is 5.32 Å². The molecule has 1 amide bonds. The van der Waals surface area contributed by atoms with Crippen LogP contribution in [0.2, 0.25) is 0 Å². The van der Waals surface area contributed by atoms with Crippen molar-refractivity contribution in [2.75, 3.05) is 0 Å². The largest absolute Gasteiger partial charge is 0.338 e. The number of halogens is 2. The number of carbonyl (C=O) groups is 1. The normalized spacial score (nSPS) is 12.3. The molecule has 0 radical (unpaired) electrons. The van der Waals surface area contributed by atoms with Crippen molar-refractivity contribution in [1.82, 2.24) is 5.32 Å². The number of alkyl halides is 2. The molecular formula is C6H7F2NO. The molecule has 0 aromatic carbocycles. The third-order valence-electron chi connectivity index (χ3n) is 0.807. The monoisotopic (exact) mass is 147 g/mol. The Bertz CT molecular complexity index is 162. The molecule has 0 aliphatic rings. The van der Waals surface area contributed by atoms with Gasteiger partial charge in [0.15, 0.2) is 0 Å². The van der Waals surface area contributed by atoms with Gasteiger partial charge in [0.25, 0.3) is 5.91 Å². The summed E-state index contributed by atoms with van der Waals surface area (Å²) in [5.41, 5.74) is 0. The lowest BCUT2D eigenvalue weighted by atomic mass is 10.3. The van der Waals surface area contributed by atoms with Gasteiger partial charge in [-0.15, -0.1) is 6.42 Å². The standard InChI is InChI=1S/C6H7F2NO/c1-3-4(2)9-6(10)5(7)8/h1,4-5H,2H3,(H,9,10). The van der Waals surface area contributed by atoms with Crippen LogP contribution in [-0.4, -0.2) is 18.4 Å². The van der Waals surface area contributed by atoms with E-state index in [0.29, 0.717) is 0 Å². The highest BCUT2D eigenvalue weighted by Crippen LogP contribution is 1.91. The van der Waals surface area contributed by atoms with Gasteiger partial charge in [0, 0.05) is 0 Å². The first kappa shape index (κ1) is 8.89. The maximum absolute atomic E-state index is 11.4. The maximum atomic E-state index is 11.4. The third-order valence-corrected chi connectivity index (χ3v) is 0.807. The molecule has 0 saturated carbocycles. The van der Waals surface area contributed by atoms with Gasteiger partial charge in [0.05, 0.1) is 6.04 Å². The van der Waals surface area contributed by atoms with Gasteiger partial charge in [-0.1, -0.05) is 5.92 Å². The van der Waals surface area contributed by atoms with Crippen molar-refractivity contribution in [3.63, 3.8) is 0 Å². The van der Waals surface area contributed by atoms with E-state index in [0.717, 1.165) is 0 Å². The van der Waals surface area contributed by atoms with Crippen molar-refractivity contribution >= 4 is 5.91 Å². The molecule has 0 heterocycles. The van der Waals surface area contributed by atoms with E-state index in [1.807, 2.05) is 5.32 Å². The van der Waals surface area contributed by atoms with E-state index in [4.69, 9.17) is 6.42 Å². The van der Waals surface area contributed by atoms with Gasteiger partial charge in [0.1, 0.15) is 0 Å². The van der Waals surface area contributed by atoms with E-state index >= 15 is 0 Å². The van der Waals surface area contributed by atoms with Gasteiger partial charge in [-0.3, -0.25) is 4.79 Å². The van der Waals surface area contributed by atoms with Crippen LogP contribution in [0.25, 0.3) is 0 Å². The number of hydrogen-bond acceptors (Lipinski definition) is 1. The Labute approximate surface area is 57.6 Å². The summed E-state index contributed by atoms with van der Waals surface area (Å²) in [5, 5.41) is 1.90. The fraction of sp³-hybridized carbons (Fsp3) is 0.500. The molecule has 0 rings (SSSR count). The summed E-state index contributed by atoms with van der Waals surface area (Å²) in [7, 11) is 0. The van der Waals surface area contributed by atoms with E-state index < -0.39 is 18.4 Å². The molecule has 1 unspecified atom stereocenters. The SMILES string of the molecule is C#CC(C)NC(=O)C(F)F. The molecule has 0 saturated heterocycles. The van der Waals surface area contributed by atoms with Crippen molar-refractivity contribution < 1.29 is 13.6 Å². The average Bonchev–Trinajstić information content (AvgIpc) is 1.87. The lowest BCUT2D eigenvalue weighted by molar-refractivity contribution is -0.132. The van der Waals surface area contributed by atoms with Gasteiger partial charge in [0.2, 0.25) is 0 Å². The van der Waals surface area contributed by atoms with E-state index in [1.165, 1.54) is 6.92 Å². The molecule has 0 fully saturated rings. The van der Waals surface area contributed by atoms with Crippen LogP contribution in [-0.2, 0) is 4.79 Å². The second-order valence-electron chi connectivity index (χ2n) is 1.70. The van der Waals surface area contributed by atoms with Crippen LogP contribution in [0.4, 0.5) is 8.78 Å². The highest BCUT2D eigenvalue weighted by molar-refractivity contribution is 5.79. The predicted molar refractivity (Wildman–Crippen MR) is 32.4 cm³/mol. The zero-order chi connectivity index (χ0) is 8.15. The van der Waals surface area contributed by atoms with Crippen molar-refractivity contribution in [1.29, 1.82) is 0 Å². The predicted octanol–water partition coefficient (Wildman–Crippen LogP) is 0.389. The highest BCUT2D eigenvalue weighted by atomic mass is 19.3. The first-order chi connectivity index (χ1) is 4.57. The Morgan fingerprint density at radius 2 is 2.20 bits per heavy atom. The van der Waals surface area contributed by atoms with Gasteiger partial charge in [-0.05, 0) is 6.92 Å². The average molecular weight is 147 g/mol. The lowest BCUT2D eigenvalue weighted by Gasteiger charge is -2.05. The van der Waals surface area contributed by atoms with Crippen molar-refractivity contribution in [3.8, 4) is 12.3 Å². The van der Waals surface area contributed by atoms with Crippen LogP contribution in [0.15, 0.2) is 0 Å². The first-order valence-electron chi connectivity index (χ1n) is 2.62. The van der Waals surface area contributed by atoms with Crippen molar-refractivity contribution in [2.24, 2.45) is 0 Å². The van der Waals surface area contributed by atoms with Gasteiger partial charge in [-0.25, -0.2) is 0 Å². The summed E-state index contributed by atoms with van der Waals surface area (Å²) >= 11 is 0. The molecule has 0 aromatic heterocycles. The van der Waals surface area contributed by atoms with Crippen LogP contribution in [0, 0.1) is 12.3 Å². The Hall–Kier alpha value is -1.11. The second-order valence-corrected chi connectivity index (χ2v) is 1.70. The van der Waals surface area contributed by atoms with Crippen LogP contribution >= 0.6 is 0 Å². The molecule has 56 valence electrons. The number of nitrogens with one attached hydrogen (secondary N) is 1. The molecule has 0 bridgehead atoms. The van der Waals surface area contributed by atoms with Crippen LogP contribution in [0.3, 0.4) is 0 Å². The fourth-order valence-electron chi connectivity index (χ4n) is 0.318. The lowest BCUT2D eigenvalue weighted by Crippen LogP contribution is -2.35. The van der Waals surface area contributed by atoms with E-state index in [9.17, 15) is 13.6 Å². The van der Waals surface area contributed by atoms with E-state index in [-0.39, 0.29) is 0 Å². The summed E-state index contributed by atoms with van der Waals surface area (Å²) in [6.45, 7) is 1.44. The molecule has 0 aromatic rings. The summed E-state index contributed by atoms with van der Waals surface area (Å²) in [6, 6.07) is -0.638. The zero-order valence-corrected chi connectivity index (χ0v) is 5.40. The topological polar surface area (TPSA) is 29.1 Å². The first-order valence-corrected chi connectivity index (χ1v) is 2.62. The number of rotatable bonds is 2. The summed E-state index contributed by atoms with van der Waals surface area (Å²) in [6.07, 6.45) is 1.82. The molecule has 1 N–H and O–H groups in total. The quantitative estimate of drug-likeness (QED) is 0.562. The molecule has 4 heteroatoms. The van der Waals surface area contributed by atoms with E-state index in [2.05, 4.69) is 5.92 Å². The van der Waals surface area contributed by atoms with E-state index in [1.54, 1.807) is 0 Å². The molecule has 0 spiro atoms. The minimum Gasteiger partial charge on any atom is -0.338 e. The third kappa shape index (κ3) is 3.02. The van der Waals surface area contributed by atoms with Crippen LogP contribution in [0.5, 0.6) is 0 Å². The molecular weight excluding hydrogens is 140 g/mol. The maximum Gasteiger partial charge on any atom is 0.315 e. The highest BCUT2D eigenvalue weighted by Gasteiger charge is 2.15. The Balaban J connectivity index is 3.71. The molecule has 1 atom stereocenters. The fourth-order valence-corrected chi connectivity index (χ4v) is 0.318. The van der Waals surface area contributed by atoms with Crippen LogP contribution in [0.1, 0.15) is 6.92 Å². The van der Waals surface area contributed by atoms with Gasteiger partial charge in [-0.2, -0.15) is 8.78 Å². The molecule has 0 aliphatic heterocycles. The number of amides is 1. The summed E-state index contributed by atoms with van der Waals surface area (Å²) in [5.74, 6) is 0.757. The molecule has 2 nitrogen and oxygen atoms in total. The Kier molecular flexibility index (Phi) is 3.40. The summed E-state index contributed by atoms with van der Waals surface area (Å²) < 4.78 is 22.9. The van der Waals surface area contributed by atoms with Gasteiger partial charge >= 0.3 is 6.43 Å². The number of hydrogen-bond donors (Lipinski definition) is 1. The molecule has 0 aliphatic carbocycles. The second kappa shape index (κ2) is 3.83. The number of terminal acetylenes is 1. The van der Waals surface area contributed by atoms with Gasteiger partial charge < -0.3 is 5.32 Å². The van der Waals surface area contributed by atoms with Crippen molar-refractivity contribution in [2.45, 2.75) is 19.4 Å². The minimum absolute atomic E-state index is 0.638. The minimum atomic E-state index is -2.99. The number of carbonyl (C=O) groups excluding carboxylic acids is 1. The van der Waals surface area contributed by atoms with Crippen molar-refractivity contribution in [3.05, 3.63) is 0 Å².